The van der Waals surface area contributed by atoms with E-state index in [1.165, 1.54) is 0 Å². The van der Waals surface area contributed by atoms with E-state index in [0.29, 0.717) is 9.46 Å². The van der Waals surface area contributed by atoms with Crippen molar-refractivity contribution in [3.8, 4) is 0 Å². The predicted octanol–water partition coefficient (Wildman–Crippen LogP) is -0.584. The zero-order valence-electron chi connectivity index (χ0n) is 9.49. The van der Waals surface area contributed by atoms with Crippen LogP contribution in [0.25, 0.3) is 0 Å². The SMILES string of the molecule is CS(=O)(=O)N(CCCSCC(=O)O)S(C)(=O)=O. The van der Waals surface area contributed by atoms with Gasteiger partial charge >= 0.3 is 5.97 Å². The number of aliphatic carboxylic acids is 1. The highest BCUT2D eigenvalue weighted by Crippen LogP contribution is 2.09. The summed E-state index contributed by atoms with van der Waals surface area (Å²) in [5.41, 5.74) is 0. The Kier molecular flexibility index (Phi) is 6.45. The van der Waals surface area contributed by atoms with Gasteiger partial charge in [0.15, 0.2) is 0 Å². The van der Waals surface area contributed by atoms with Crippen molar-refractivity contribution in [2.24, 2.45) is 0 Å². The van der Waals surface area contributed by atoms with Gasteiger partial charge in [-0.25, -0.2) is 16.8 Å². The molecule has 17 heavy (non-hydrogen) atoms. The highest BCUT2D eigenvalue weighted by atomic mass is 32.3. The van der Waals surface area contributed by atoms with Crippen LogP contribution in [0.3, 0.4) is 0 Å². The molecule has 0 aliphatic heterocycles. The second-order valence-electron chi connectivity index (χ2n) is 3.32. The molecule has 0 radical (unpaired) electrons. The zero-order valence-corrected chi connectivity index (χ0v) is 11.9. The van der Waals surface area contributed by atoms with Crippen LogP contribution in [0.2, 0.25) is 0 Å². The lowest BCUT2D eigenvalue weighted by Crippen LogP contribution is -2.36. The minimum absolute atomic E-state index is 0.0856. The second-order valence-corrected chi connectivity index (χ2v) is 8.47. The van der Waals surface area contributed by atoms with Gasteiger partial charge in [0.2, 0.25) is 20.0 Å². The van der Waals surface area contributed by atoms with Crippen molar-refractivity contribution in [2.45, 2.75) is 6.42 Å². The highest BCUT2D eigenvalue weighted by molar-refractivity contribution is 8.03. The molecule has 0 aliphatic carbocycles. The van der Waals surface area contributed by atoms with E-state index < -0.39 is 26.0 Å². The van der Waals surface area contributed by atoms with Gasteiger partial charge in [0, 0.05) is 6.54 Å². The number of carbonyl (C=O) groups is 1. The van der Waals surface area contributed by atoms with Gasteiger partial charge in [-0.05, 0) is 12.2 Å². The van der Waals surface area contributed by atoms with Crippen molar-refractivity contribution in [3.63, 3.8) is 0 Å². The molecule has 0 aliphatic rings. The Bertz CT molecular complexity index is 422. The Labute approximate surface area is 105 Å². The smallest absolute Gasteiger partial charge is 0.313 e. The summed E-state index contributed by atoms with van der Waals surface area (Å²) in [5, 5.41) is 8.36. The lowest BCUT2D eigenvalue weighted by molar-refractivity contribution is -0.133. The molecule has 0 amide bonds. The van der Waals surface area contributed by atoms with E-state index in [2.05, 4.69) is 0 Å². The molecule has 0 aromatic carbocycles. The number of thioether (sulfide) groups is 1. The third-order valence-electron chi connectivity index (χ3n) is 1.59. The molecule has 1 N–H and O–H groups in total. The molecule has 0 saturated carbocycles. The molecule has 0 atom stereocenters. The third kappa shape index (κ3) is 7.58. The van der Waals surface area contributed by atoms with Crippen molar-refractivity contribution in [1.29, 1.82) is 0 Å². The first-order chi connectivity index (χ1) is 7.55. The summed E-state index contributed by atoms with van der Waals surface area (Å²) in [6, 6.07) is 0. The maximum absolute atomic E-state index is 11.2. The van der Waals surface area contributed by atoms with Crippen molar-refractivity contribution in [3.05, 3.63) is 0 Å². The van der Waals surface area contributed by atoms with Crippen LogP contribution in [0, 0.1) is 0 Å². The summed E-state index contributed by atoms with van der Waals surface area (Å²) >= 11 is 1.11. The van der Waals surface area contributed by atoms with Gasteiger partial charge in [-0.2, -0.15) is 11.8 Å². The summed E-state index contributed by atoms with van der Waals surface area (Å²) < 4.78 is 45.2. The lowest BCUT2D eigenvalue weighted by Gasteiger charge is -2.16. The molecule has 0 aromatic heterocycles. The number of nitrogens with zero attached hydrogens (tertiary/aromatic N) is 1. The third-order valence-corrected chi connectivity index (χ3v) is 6.09. The average Bonchev–Trinajstić information content (AvgIpc) is 2.05. The molecule has 0 fully saturated rings. The second kappa shape index (κ2) is 6.57. The largest absolute Gasteiger partial charge is 0.481 e. The zero-order chi connectivity index (χ0) is 13.7. The summed E-state index contributed by atoms with van der Waals surface area (Å²) in [6.07, 6.45) is 1.91. The van der Waals surface area contributed by atoms with Gasteiger partial charge < -0.3 is 5.11 Å². The molecule has 0 heterocycles. The summed E-state index contributed by atoms with van der Waals surface area (Å²) in [7, 11) is -7.61. The van der Waals surface area contributed by atoms with Gasteiger partial charge in [0.25, 0.3) is 0 Å². The first kappa shape index (κ1) is 16.7. The fraction of sp³-hybridized carbons (Fsp3) is 0.857. The van der Waals surface area contributed by atoms with Gasteiger partial charge in [0.1, 0.15) is 0 Å². The molecule has 102 valence electrons. The standard InChI is InChI=1S/C7H15NO6S3/c1-16(11,12)8(17(2,13)14)4-3-5-15-6-7(9)10/h3-6H2,1-2H3,(H,9,10). The van der Waals surface area contributed by atoms with E-state index in [1.54, 1.807) is 0 Å². The Balaban J connectivity index is 4.28. The number of hydrogen-bond donors (Lipinski definition) is 1. The molecule has 0 saturated heterocycles. The monoisotopic (exact) mass is 305 g/mol. The lowest BCUT2D eigenvalue weighted by atomic mass is 10.5. The number of carboxylic acids is 1. The van der Waals surface area contributed by atoms with Gasteiger partial charge in [0.05, 0.1) is 18.3 Å². The summed E-state index contributed by atoms with van der Waals surface area (Å²) in [5.74, 6) is -0.663. The van der Waals surface area contributed by atoms with Crippen molar-refractivity contribution in [1.82, 2.24) is 3.71 Å². The Hall–Kier alpha value is -0.320. The fourth-order valence-electron chi connectivity index (χ4n) is 1.03. The molecule has 0 aromatic rings. The molecular formula is C7H15NO6S3. The minimum Gasteiger partial charge on any atom is -0.481 e. The minimum atomic E-state index is -3.81. The van der Waals surface area contributed by atoms with Crippen LogP contribution in [0.4, 0.5) is 0 Å². The van der Waals surface area contributed by atoms with Crippen LogP contribution < -0.4 is 0 Å². The first-order valence-corrected chi connectivity index (χ1v) is 9.37. The maximum atomic E-state index is 11.2. The average molecular weight is 305 g/mol. The van der Waals surface area contributed by atoms with Crippen molar-refractivity contribution in [2.75, 3.05) is 30.6 Å². The Morgan fingerprint density at radius 1 is 1.18 bits per heavy atom. The van der Waals surface area contributed by atoms with Crippen LogP contribution >= 0.6 is 11.8 Å². The summed E-state index contributed by atoms with van der Waals surface area (Å²) in [4.78, 5) is 10.2. The molecule has 0 bridgehead atoms. The van der Waals surface area contributed by atoms with Crippen LogP contribution in [0.5, 0.6) is 0 Å². The van der Waals surface area contributed by atoms with Crippen LogP contribution in [0.15, 0.2) is 0 Å². The quantitative estimate of drug-likeness (QED) is 0.597. The number of hydrogen-bond acceptors (Lipinski definition) is 6. The van der Waals surface area contributed by atoms with E-state index in [-0.39, 0.29) is 18.7 Å². The van der Waals surface area contributed by atoms with Crippen LogP contribution in [0.1, 0.15) is 6.42 Å². The van der Waals surface area contributed by atoms with Crippen molar-refractivity contribution >= 4 is 37.8 Å². The van der Waals surface area contributed by atoms with Gasteiger partial charge in [-0.3, -0.25) is 4.79 Å². The van der Waals surface area contributed by atoms with E-state index in [4.69, 9.17) is 5.11 Å². The fourth-order valence-corrected chi connectivity index (χ4v) is 4.57. The van der Waals surface area contributed by atoms with Gasteiger partial charge in [-0.15, -0.1) is 0 Å². The first-order valence-electron chi connectivity index (χ1n) is 4.52. The number of sulfonamides is 2. The Morgan fingerprint density at radius 2 is 1.65 bits per heavy atom. The van der Waals surface area contributed by atoms with Crippen LogP contribution in [-0.2, 0) is 24.8 Å². The molecule has 7 nitrogen and oxygen atoms in total. The molecule has 10 heteroatoms. The predicted molar refractivity (Wildman–Crippen MR) is 66.0 cm³/mol. The van der Waals surface area contributed by atoms with E-state index in [0.717, 1.165) is 24.3 Å². The normalized spacial score (nSPS) is 12.9. The molecule has 0 rings (SSSR count). The molecule has 0 spiro atoms. The van der Waals surface area contributed by atoms with Crippen LogP contribution in [-0.4, -0.2) is 62.2 Å². The molecular weight excluding hydrogens is 290 g/mol. The molecule has 0 unspecified atom stereocenters. The number of rotatable bonds is 8. The van der Waals surface area contributed by atoms with E-state index in [1.807, 2.05) is 0 Å². The topological polar surface area (TPSA) is 109 Å². The summed E-state index contributed by atoms with van der Waals surface area (Å²) in [6.45, 7) is -0.162. The van der Waals surface area contributed by atoms with E-state index >= 15 is 0 Å². The maximum Gasteiger partial charge on any atom is 0.313 e. The highest BCUT2D eigenvalue weighted by Gasteiger charge is 2.25. The van der Waals surface area contributed by atoms with Crippen molar-refractivity contribution < 1.29 is 26.7 Å². The van der Waals surface area contributed by atoms with Gasteiger partial charge in [-0.1, -0.05) is 3.71 Å². The van der Waals surface area contributed by atoms with E-state index in [9.17, 15) is 21.6 Å². The number of carboxylic acid groups (broad SMARTS) is 1. The Morgan fingerprint density at radius 3 is 2.00 bits per heavy atom.